The Bertz CT molecular complexity index is 388. The number of nitrogens with one attached hydrogen (secondary N) is 2. The monoisotopic (exact) mass is 450 g/mol. The topological polar surface area (TPSA) is 56.7 Å². The Balaban J connectivity index is 0.00000288. The molecule has 0 bridgehead atoms. The fourth-order valence-corrected chi connectivity index (χ4v) is 3.65. The number of nitrogens with zero attached hydrogens (tertiary/aromatic N) is 2. The van der Waals surface area contributed by atoms with Crippen molar-refractivity contribution in [3.63, 3.8) is 0 Å². The Morgan fingerprint density at radius 1 is 1.04 bits per heavy atom. The van der Waals surface area contributed by atoms with E-state index in [0.29, 0.717) is 18.9 Å². The summed E-state index contributed by atoms with van der Waals surface area (Å²) in [7, 11) is 1.84. The lowest BCUT2D eigenvalue weighted by Crippen LogP contribution is -2.47. The van der Waals surface area contributed by atoms with Crippen LogP contribution in [0.1, 0.15) is 58.3 Å². The highest BCUT2D eigenvalue weighted by atomic mass is 127. The summed E-state index contributed by atoms with van der Waals surface area (Å²) in [5.74, 6) is 2.61. The molecule has 1 saturated heterocycles. The molecule has 1 heterocycles. The molecule has 2 rings (SSSR count). The van der Waals surface area contributed by atoms with Gasteiger partial charge in [0.15, 0.2) is 5.96 Å². The maximum absolute atomic E-state index is 12.0. The van der Waals surface area contributed by atoms with E-state index < -0.39 is 0 Å². The quantitative estimate of drug-likeness (QED) is 0.293. The average Bonchev–Trinajstić information content (AvgIpc) is 2.57. The molecule has 2 fully saturated rings. The van der Waals surface area contributed by atoms with Crippen LogP contribution in [-0.4, -0.2) is 50.0 Å². The van der Waals surface area contributed by atoms with Crippen molar-refractivity contribution in [2.24, 2.45) is 16.8 Å². The molecule has 0 aromatic rings. The summed E-state index contributed by atoms with van der Waals surface area (Å²) in [5.41, 5.74) is 0. The van der Waals surface area contributed by atoms with E-state index in [1.54, 1.807) is 0 Å². The van der Waals surface area contributed by atoms with Crippen molar-refractivity contribution < 1.29 is 4.79 Å². The van der Waals surface area contributed by atoms with E-state index in [0.717, 1.165) is 31.5 Å². The SMILES string of the molecule is CN=C(NCCNC(=O)CC1CCCCC1)N1CCC(C)CC1.I. The molecule has 0 radical (unpaired) electrons. The van der Waals surface area contributed by atoms with Crippen molar-refractivity contribution in [3.05, 3.63) is 0 Å². The number of amides is 1. The fraction of sp³-hybridized carbons (Fsp3) is 0.889. The number of halogens is 1. The van der Waals surface area contributed by atoms with Crippen molar-refractivity contribution in [1.29, 1.82) is 0 Å². The smallest absolute Gasteiger partial charge is 0.220 e. The second kappa shape index (κ2) is 11.9. The first-order valence-corrected chi connectivity index (χ1v) is 9.41. The predicted octanol–water partition coefficient (Wildman–Crippen LogP) is 3.00. The van der Waals surface area contributed by atoms with Gasteiger partial charge >= 0.3 is 0 Å². The molecule has 0 aromatic heterocycles. The highest BCUT2D eigenvalue weighted by molar-refractivity contribution is 14.0. The van der Waals surface area contributed by atoms with E-state index in [2.05, 4.69) is 27.4 Å². The van der Waals surface area contributed by atoms with Crippen molar-refractivity contribution in [2.45, 2.75) is 58.3 Å². The van der Waals surface area contributed by atoms with Crippen LogP contribution >= 0.6 is 24.0 Å². The lowest BCUT2D eigenvalue weighted by molar-refractivity contribution is -0.122. The van der Waals surface area contributed by atoms with Crippen LogP contribution in [0.5, 0.6) is 0 Å². The minimum Gasteiger partial charge on any atom is -0.354 e. The van der Waals surface area contributed by atoms with Gasteiger partial charge in [-0.25, -0.2) is 0 Å². The van der Waals surface area contributed by atoms with Gasteiger partial charge in [-0.2, -0.15) is 0 Å². The van der Waals surface area contributed by atoms with Gasteiger partial charge in [0.1, 0.15) is 0 Å². The summed E-state index contributed by atoms with van der Waals surface area (Å²) >= 11 is 0. The molecule has 140 valence electrons. The average molecular weight is 450 g/mol. The minimum absolute atomic E-state index is 0. The van der Waals surface area contributed by atoms with Crippen molar-refractivity contribution in [1.82, 2.24) is 15.5 Å². The number of rotatable bonds is 5. The number of hydrogen-bond acceptors (Lipinski definition) is 2. The standard InChI is InChI=1S/C18H34N4O.HI/c1-15-8-12-22(13-9-15)18(19-2)21-11-10-20-17(23)14-16-6-4-3-5-7-16;/h15-16H,3-14H2,1-2H3,(H,19,21)(H,20,23);1H. The summed E-state index contributed by atoms with van der Waals surface area (Å²) in [5, 5.41) is 6.42. The summed E-state index contributed by atoms with van der Waals surface area (Å²) in [6.07, 6.45) is 9.57. The molecular formula is C18H35IN4O. The molecule has 2 N–H and O–H groups in total. The normalized spacial score (nSPS) is 20.4. The summed E-state index contributed by atoms with van der Waals surface area (Å²) in [6.45, 7) is 5.89. The summed E-state index contributed by atoms with van der Waals surface area (Å²) in [4.78, 5) is 18.7. The van der Waals surface area contributed by atoms with Gasteiger partial charge in [-0.05, 0) is 37.5 Å². The number of carbonyl (C=O) groups is 1. The van der Waals surface area contributed by atoms with Gasteiger partial charge in [0.2, 0.25) is 5.91 Å². The van der Waals surface area contributed by atoms with E-state index in [-0.39, 0.29) is 29.9 Å². The van der Waals surface area contributed by atoms with E-state index in [9.17, 15) is 4.79 Å². The number of likely N-dealkylation sites (tertiary alicyclic amines) is 1. The minimum atomic E-state index is 0. The molecule has 1 amide bonds. The van der Waals surface area contributed by atoms with Gasteiger partial charge in [0, 0.05) is 39.6 Å². The van der Waals surface area contributed by atoms with Gasteiger partial charge in [0.25, 0.3) is 0 Å². The molecule has 0 spiro atoms. The summed E-state index contributed by atoms with van der Waals surface area (Å²) < 4.78 is 0. The number of guanidine groups is 1. The third kappa shape index (κ3) is 7.57. The van der Waals surface area contributed by atoms with Gasteiger partial charge in [0.05, 0.1) is 0 Å². The van der Waals surface area contributed by atoms with Crippen LogP contribution in [0, 0.1) is 11.8 Å². The van der Waals surface area contributed by atoms with Crippen LogP contribution in [0.25, 0.3) is 0 Å². The Morgan fingerprint density at radius 2 is 1.67 bits per heavy atom. The van der Waals surface area contributed by atoms with E-state index >= 15 is 0 Å². The van der Waals surface area contributed by atoms with Gasteiger partial charge in [-0.15, -0.1) is 24.0 Å². The maximum atomic E-state index is 12.0. The van der Waals surface area contributed by atoms with E-state index in [1.165, 1.54) is 44.9 Å². The van der Waals surface area contributed by atoms with E-state index in [1.807, 2.05) is 7.05 Å². The zero-order valence-electron chi connectivity index (χ0n) is 15.4. The molecule has 1 saturated carbocycles. The first-order valence-electron chi connectivity index (χ1n) is 9.41. The first kappa shape index (κ1) is 21.5. The number of aliphatic imine (C=N–C) groups is 1. The Labute approximate surface area is 164 Å². The second-order valence-electron chi connectivity index (χ2n) is 7.20. The molecule has 5 nitrogen and oxygen atoms in total. The van der Waals surface area contributed by atoms with Crippen LogP contribution in [0.2, 0.25) is 0 Å². The largest absolute Gasteiger partial charge is 0.354 e. The van der Waals surface area contributed by atoms with Crippen LogP contribution in [0.3, 0.4) is 0 Å². The molecule has 0 unspecified atom stereocenters. The molecule has 0 aromatic carbocycles. The van der Waals surface area contributed by atoms with Crippen LogP contribution in [-0.2, 0) is 4.79 Å². The van der Waals surface area contributed by atoms with E-state index in [4.69, 9.17) is 0 Å². The van der Waals surface area contributed by atoms with Crippen LogP contribution < -0.4 is 10.6 Å². The zero-order chi connectivity index (χ0) is 16.5. The van der Waals surface area contributed by atoms with Crippen LogP contribution in [0.15, 0.2) is 4.99 Å². The molecule has 2 aliphatic rings. The third-order valence-electron chi connectivity index (χ3n) is 5.22. The Hall–Kier alpha value is -0.530. The lowest BCUT2D eigenvalue weighted by Gasteiger charge is -2.32. The Morgan fingerprint density at radius 3 is 2.29 bits per heavy atom. The highest BCUT2D eigenvalue weighted by Gasteiger charge is 2.19. The fourth-order valence-electron chi connectivity index (χ4n) is 3.65. The number of piperidine rings is 1. The molecule has 24 heavy (non-hydrogen) atoms. The molecular weight excluding hydrogens is 415 g/mol. The van der Waals surface area contributed by atoms with Crippen LogP contribution in [0.4, 0.5) is 0 Å². The van der Waals surface area contributed by atoms with Gasteiger partial charge in [-0.1, -0.05) is 26.2 Å². The summed E-state index contributed by atoms with van der Waals surface area (Å²) in [6, 6.07) is 0. The molecule has 1 aliphatic carbocycles. The molecule has 0 atom stereocenters. The highest BCUT2D eigenvalue weighted by Crippen LogP contribution is 2.25. The predicted molar refractivity (Wildman–Crippen MR) is 111 cm³/mol. The zero-order valence-corrected chi connectivity index (χ0v) is 17.7. The molecule has 6 heteroatoms. The van der Waals surface area contributed by atoms with Crippen molar-refractivity contribution >= 4 is 35.8 Å². The van der Waals surface area contributed by atoms with Crippen molar-refractivity contribution in [2.75, 3.05) is 33.2 Å². The van der Waals surface area contributed by atoms with Gasteiger partial charge in [-0.3, -0.25) is 9.79 Å². The first-order chi connectivity index (χ1) is 11.2. The number of hydrogen-bond donors (Lipinski definition) is 2. The Kier molecular flexibility index (Phi) is 10.7. The van der Waals surface area contributed by atoms with Gasteiger partial charge < -0.3 is 15.5 Å². The maximum Gasteiger partial charge on any atom is 0.220 e. The molecule has 1 aliphatic heterocycles. The lowest BCUT2D eigenvalue weighted by atomic mass is 9.87. The van der Waals surface area contributed by atoms with Crippen molar-refractivity contribution in [3.8, 4) is 0 Å². The third-order valence-corrected chi connectivity index (χ3v) is 5.22. The second-order valence-corrected chi connectivity index (χ2v) is 7.20. The number of carbonyl (C=O) groups excluding carboxylic acids is 1.